The Morgan fingerprint density at radius 3 is 1.45 bits per heavy atom. The number of nitrogens with zero attached hydrogens (tertiary/aromatic N) is 1. The number of hydrogen-bond donors (Lipinski definition) is 0. The molecule has 2 aromatic carbocycles. The Labute approximate surface area is 259 Å². The molecule has 1 aromatic heterocycles. The molecule has 4 fully saturated rings. The molecule has 4 saturated carbocycles. The molecule has 0 aliphatic heterocycles. The lowest BCUT2D eigenvalue weighted by Gasteiger charge is -2.41. The van der Waals surface area contributed by atoms with Crippen molar-refractivity contribution in [3.8, 4) is 11.3 Å². The summed E-state index contributed by atoms with van der Waals surface area (Å²) in [6.07, 6.45) is 29.4. The van der Waals surface area contributed by atoms with Gasteiger partial charge >= 0.3 is 0 Å². The van der Waals surface area contributed by atoms with Gasteiger partial charge in [0, 0.05) is 28.8 Å². The molecule has 3 heteroatoms. The summed E-state index contributed by atoms with van der Waals surface area (Å²) >= 11 is 0. The van der Waals surface area contributed by atoms with Crippen LogP contribution >= 0.6 is 15.8 Å². The van der Waals surface area contributed by atoms with Crippen LogP contribution in [0.15, 0.2) is 48.5 Å². The molecule has 0 bridgehead atoms. The molecule has 1 nitrogen and oxygen atoms in total. The van der Waals surface area contributed by atoms with Crippen LogP contribution in [0.1, 0.15) is 128 Å². The van der Waals surface area contributed by atoms with Crippen molar-refractivity contribution in [3.05, 3.63) is 48.5 Å². The second-order valence-electron chi connectivity index (χ2n) is 14.3. The summed E-state index contributed by atoms with van der Waals surface area (Å²) in [4.78, 5) is 0. The van der Waals surface area contributed by atoms with Crippen molar-refractivity contribution < 1.29 is 0 Å². The Balaban J connectivity index is 1.42. The van der Waals surface area contributed by atoms with Crippen LogP contribution in [0.5, 0.6) is 0 Å². The number of rotatable bonds is 7. The summed E-state index contributed by atoms with van der Waals surface area (Å²) in [6, 6.07) is 19.6. The smallest absolute Gasteiger partial charge is 0.0573 e. The molecule has 7 rings (SSSR count). The molecule has 0 atom stereocenters. The van der Waals surface area contributed by atoms with Crippen LogP contribution < -0.4 is 10.6 Å². The first kappa shape index (κ1) is 29.5. The van der Waals surface area contributed by atoms with E-state index in [1.54, 1.807) is 21.9 Å². The van der Waals surface area contributed by atoms with Gasteiger partial charge in [0.1, 0.15) is 0 Å². The van der Waals surface area contributed by atoms with Gasteiger partial charge in [-0.1, -0.05) is 135 Å². The second kappa shape index (κ2) is 13.9. The van der Waals surface area contributed by atoms with Gasteiger partial charge in [0.2, 0.25) is 0 Å². The van der Waals surface area contributed by atoms with Crippen molar-refractivity contribution in [2.75, 3.05) is 0 Å². The monoisotopic (exact) mass is 599 g/mol. The summed E-state index contributed by atoms with van der Waals surface area (Å²) in [6.45, 7) is 0. The van der Waals surface area contributed by atoms with E-state index in [0.717, 1.165) is 22.6 Å². The van der Waals surface area contributed by atoms with Crippen molar-refractivity contribution in [3.63, 3.8) is 0 Å². The summed E-state index contributed by atoms with van der Waals surface area (Å²) in [5.41, 5.74) is 8.50. The minimum atomic E-state index is -0.190. The number of aromatic nitrogens is 1. The normalized spacial score (nSPS) is 22.5. The molecule has 226 valence electrons. The predicted molar refractivity (Wildman–Crippen MR) is 189 cm³/mol. The summed E-state index contributed by atoms with van der Waals surface area (Å²) < 4.78 is 2.68. The van der Waals surface area contributed by atoms with Gasteiger partial charge in [-0.05, 0) is 85.4 Å². The summed E-state index contributed by atoms with van der Waals surface area (Å²) in [5, 5.41) is 5.23. The van der Waals surface area contributed by atoms with Crippen LogP contribution in [0.25, 0.3) is 22.2 Å². The molecule has 4 aliphatic carbocycles. The standard InChI is InChI=1S/C39H55NP2/c1-40-36-28-16-14-26-34(36)39(42(32-22-10-4-11-23-32)33-24-12-5-13-25-33)38(40)35-27-15-17-29-37(35)41(30-18-6-2-7-19-30)31-20-8-3-9-21-31/h14-17,26-33H,2-13,18-25H2,1H3. The number of para-hydroxylation sites is 1. The lowest BCUT2D eigenvalue weighted by molar-refractivity contribution is 0.487. The maximum atomic E-state index is 2.68. The first-order chi connectivity index (χ1) is 20.8. The number of fused-ring (bicyclic) bond motifs is 1. The van der Waals surface area contributed by atoms with E-state index in [-0.39, 0.29) is 15.8 Å². The number of hydrogen-bond acceptors (Lipinski definition) is 0. The fourth-order valence-electron chi connectivity index (χ4n) is 9.63. The number of aryl methyl sites for hydroxylation is 1. The average Bonchev–Trinajstić information content (AvgIpc) is 3.35. The van der Waals surface area contributed by atoms with Crippen LogP contribution in [0, 0.1) is 0 Å². The van der Waals surface area contributed by atoms with Crippen molar-refractivity contribution in [1.29, 1.82) is 0 Å². The zero-order chi connectivity index (χ0) is 28.3. The molecule has 0 amide bonds. The van der Waals surface area contributed by atoms with Crippen LogP contribution in [0.4, 0.5) is 0 Å². The molecular weight excluding hydrogens is 544 g/mol. The zero-order valence-electron chi connectivity index (χ0n) is 26.4. The quantitative estimate of drug-likeness (QED) is 0.238. The maximum absolute atomic E-state index is 2.68. The Kier molecular flexibility index (Phi) is 9.75. The van der Waals surface area contributed by atoms with Crippen molar-refractivity contribution in [1.82, 2.24) is 4.57 Å². The second-order valence-corrected chi connectivity index (χ2v) is 19.8. The van der Waals surface area contributed by atoms with Crippen LogP contribution in [-0.2, 0) is 7.05 Å². The molecule has 0 N–H and O–H groups in total. The molecule has 1 heterocycles. The average molecular weight is 600 g/mol. The molecule has 4 aliphatic rings. The van der Waals surface area contributed by atoms with E-state index >= 15 is 0 Å². The van der Waals surface area contributed by atoms with E-state index in [9.17, 15) is 0 Å². The molecule has 0 unspecified atom stereocenters. The highest BCUT2D eigenvalue weighted by atomic mass is 31.1. The van der Waals surface area contributed by atoms with Crippen LogP contribution in [-0.4, -0.2) is 27.2 Å². The third-order valence-electron chi connectivity index (χ3n) is 11.6. The fourth-order valence-corrected chi connectivity index (χ4v) is 17.7. The Bertz CT molecular complexity index is 1270. The highest BCUT2D eigenvalue weighted by Crippen LogP contribution is 2.59. The van der Waals surface area contributed by atoms with Gasteiger partial charge in [-0.25, -0.2) is 0 Å². The Morgan fingerprint density at radius 1 is 0.500 bits per heavy atom. The lowest BCUT2D eigenvalue weighted by atomic mass is 9.99. The van der Waals surface area contributed by atoms with Crippen LogP contribution in [0.3, 0.4) is 0 Å². The third kappa shape index (κ3) is 5.93. The van der Waals surface area contributed by atoms with Crippen LogP contribution in [0.2, 0.25) is 0 Å². The maximum Gasteiger partial charge on any atom is 0.0573 e. The van der Waals surface area contributed by atoms with Crippen molar-refractivity contribution in [2.24, 2.45) is 7.05 Å². The van der Waals surface area contributed by atoms with Gasteiger partial charge in [-0.2, -0.15) is 0 Å². The number of benzene rings is 2. The third-order valence-corrected chi connectivity index (χ3v) is 18.8. The molecule has 0 spiro atoms. The van der Waals surface area contributed by atoms with E-state index < -0.39 is 0 Å². The van der Waals surface area contributed by atoms with Gasteiger partial charge in [0.05, 0.1) is 5.69 Å². The zero-order valence-corrected chi connectivity index (χ0v) is 28.2. The first-order valence-corrected chi connectivity index (χ1v) is 21.0. The highest BCUT2D eigenvalue weighted by Gasteiger charge is 2.39. The molecule has 42 heavy (non-hydrogen) atoms. The fraction of sp³-hybridized carbons (Fsp3) is 0.641. The van der Waals surface area contributed by atoms with E-state index in [1.807, 2.05) is 5.30 Å². The van der Waals surface area contributed by atoms with Gasteiger partial charge < -0.3 is 4.57 Å². The van der Waals surface area contributed by atoms with E-state index in [4.69, 9.17) is 0 Å². The Hall–Kier alpha value is -1.16. The van der Waals surface area contributed by atoms with Gasteiger partial charge in [-0.15, -0.1) is 0 Å². The van der Waals surface area contributed by atoms with Gasteiger partial charge in [0.25, 0.3) is 0 Å². The topological polar surface area (TPSA) is 4.93 Å². The lowest BCUT2D eigenvalue weighted by Crippen LogP contribution is -2.29. The SMILES string of the molecule is Cn1c(-c2ccccc2P(C2CCCCC2)C2CCCCC2)c(P(C2CCCCC2)C2CCCCC2)c2ccccc21. The predicted octanol–water partition coefficient (Wildman–Crippen LogP) is 11.4. The molecule has 3 aromatic rings. The van der Waals surface area contributed by atoms with Gasteiger partial charge in [-0.3, -0.25) is 0 Å². The largest absolute Gasteiger partial charge is 0.343 e. The Morgan fingerprint density at radius 2 is 0.929 bits per heavy atom. The molecular formula is C39H55NP2. The molecule has 0 saturated heterocycles. The van der Waals surface area contributed by atoms with Gasteiger partial charge in [0.15, 0.2) is 0 Å². The first-order valence-electron chi connectivity index (χ1n) is 18.0. The summed E-state index contributed by atoms with van der Waals surface area (Å²) in [5.74, 6) is 0. The van der Waals surface area contributed by atoms with Crippen molar-refractivity contribution in [2.45, 2.75) is 151 Å². The summed E-state index contributed by atoms with van der Waals surface area (Å²) in [7, 11) is 2.09. The van der Waals surface area contributed by atoms with E-state index in [2.05, 4.69) is 60.1 Å². The minimum Gasteiger partial charge on any atom is -0.343 e. The molecule has 0 radical (unpaired) electrons. The van der Waals surface area contributed by atoms with Crippen molar-refractivity contribution >= 4 is 37.4 Å². The van der Waals surface area contributed by atoms with E-state index in [1.165, 1.54) is 134 Å². The highest BCUT2D eigenvalue weighted by molar-refractivity contribution is 7.68. The minimum absolute atomic E-state index is 0.145. The van der Waals surface area contributed by atoms with E-state index in [0.29, 0.717) is 0 Å².